The Morgan fingerprint density at radius 1 is 1.18 bits per heavy atom. The lowest BCUT2D eigenvalue weighted by molar-refractivity contribution is 0.0852. The lowest BCUT2D eigenvalue weighted by Gasteiger charge is -2.24. The fraction of sp³-hybridized carbons (Fsp3) is 0.571. The summed E-state index contributed by atoms with van der Waals surface area (Å²) in [5, 5.41) is 3.47. The summed E-state index contributed by atoms with van der Waals surface area (Å²) in [7, 11) is 1.72. The van der Waals surface area contributed by atoms with Crippen LogP contribution in [-0.2, 0) is 11.2 Å². The number of benzene rings is 1. The van der Waals surface area contributed by atoms with Crippen LogP contribution in [0.15, 0.2) is 24.3 Å². The second kappa shape index (κ2) is 6.72. The number of nitrogens with one attached hydrogen (secondary N) is 1. The minimum atomic E-state index is -0.185. The van der Waals surface area contributed by atoms with Crippen molar-refractivity contribution >= 4 is 0 Å². The quantitative estimate of drug-likeness (QED) is 0.824. The van der Waals surface area contributed by atoms with Crippen molar-refractivity contribution in [3.8, 4) is 0 Å². The maximum absolute atomic E-state index is 12.8. The summed E-state index contributed by atoms with van der Waals surface area (Å²) in [5.41, 5.74) is 1.14. The highest BCUT2D eigenvalue weighted by atomic mass is 19.1. The molecule has 17 heavy (non-hydrogen) atoms. The zero-order valence-electron chi connectivity index (χ0n) is 11.0. The standard InChI is InChI=1S/C14H22FNO/c1-10(16-11(2)12(3)17-4)9-13-5-7-14(15)8-6-13/h5-8,10-12,16H,9H2,1-4H3. The monoisotopic (exact) mass is 239 g/mol. The molecule has 0 aliphatic rings. The van der Waals surface area contributed by atoms with E-state index in [-0.39, 0.29) is 11.9 Å². The molecule has 0 radical (unpaired) electrons. The molecule has 0 heterocycles. The second-order valence-electron chi connectivity index (χ2n) is 4.63. The lowest BCUT2D eigenvalue weighted by Crippen LogP contribution is -2.42. The minimum Gasteiger partial charge on any atom is -0.380 e. The molecule has 0 saturated carbocycles. The van der Waals surface area contributed by atoms with Gasteiger partial charge in [-0.3, -0.25) is 0 Å². The molecule has 0 amide bonds. The Morgan fingerprint density at radius 3 is 2.29 bits per heavy atom. The summed E-state index contributed by atoms with van der Waals surface area (Å²) < 4.78 is 18.0. The third-order valence-electron chi connectivity index (χ3n) is 3.08. The second-order valence-corrected chi connectivity index (χ2v) is 4.63. The molecule has 0 aromatic heterocycles. The number of hydrogen-bond donors (Lipinski definition) is 1. The smallest absolute Gasteiger partial charge is 0.123 e. The summed E-state index contributed by atoms with van der Waals surface area (Å²) in [4.78, 5) is 0. The molecule has 0 fully saturated rings. The fourth-order valence-corrected chi connectivity index (χ4v) is 1.82. The average Bonchev–Trinajstić information content (AvgIpc) is 2.30. The molecule has 1 aromatic rings. The van der Waals surface area contributed by atoms with Gasteiger partial charge in [-0.1, -0.05) is 12.1 Å². The van der Waals surface area contributed by atoms with Crippen LogP contribution in [0.4, 0.5) is 4.39 Å². The van der Waals surface area contributed by atoms with Crippen LogP contribution in [0.25, 0.3) is 0 Å². The molecule has 0 aliphatic heterocycles. The molecule has 96 valence electrons. The lowest BCUT2D eigenvalue weighted by atomic mass is 10.1. The van der Waals surface area contributed by atoms with Gasteiger partial charge in [0.2, 0.25) is 0 Å². The van der Waals surface area contributed by atoms with Gasteiger partial charge in [-0.25, -0.2) is 4.39 Å². The molecular formula is C14H22FNO. The molecule has 3 heteroatoms. The third-order valence-corrected chi connectivity index (χ3v) is 3.08. The van der Waals surface area contributed by atoms with Crippen molar-refractivity contribution in [1.82, 2.24) is 5.32 Å². The highest BCUT2D eigenvalue weighted by molar-refractivity contribution is 5.17. The summed E-state index contributed by atoms with van der Waals surface area (Å²) in [5.74, 6) is -0.185. The highest BCUT2D eigenvalue weighted by Crippen LogP contribution is 2.07. The van der Waals surface area contributed by atoms with E-state index in [1.807, 2.05) is 19.1 Å². The van der Waals surface area contributed by atoms with E-state index < -0.39 is 0 Å². The first-order valence-corrected chi connectivity index (χ1v) is 6.06. The zero-order valence-corrected chi connectivity index (χ0v) is 11.0. The van der Waals surface area contributed by atoms with Gasteiger partial charge in [-0.2, -0.15) is 0 Å². The van der Waals surface area contributed by atoms with Gasteiger partial charge in [-0.15, -0.1) is 0 Å². The first kappa shape index (κ1) is 14.1. The SMILES string of the molecule is COC(C)C(C)NC(C)Cc1ccc(F)cc1. The summed E-state index contributed by atoms with van der Waals surface area (Å²) in [6.45, 7) is 6.28. The normalized spacial score (nSPS) is 16.5. The van der Waals surface area contributed by atoms with E-state index >= 15 is 0 Å². The number of rotatable bonds is 6. The van der Waals surface area contributed by atoms with Crippen molar-refractivity contribution in [3.63, 3.8) is 0 Å². The molecular weight excluding hydrogens is 217 g/mol. The van der Waals surface area contributed by atoms with Crippen LogP contribution in [0.1, 0.15) is 26.3 Å². The van der Waals surface area contributed by atoms with Crippen LogP contribution in [0.5, 0.6) is 0 Å². The van der Waals surface area contributed by atoms with Crippen LogP contribution in [-0.4, -0.2) is 25.3 Å². The van der Waals surface area contributed by atoms with Gasteiger partial charge in [0.15, 0.2) is 0 Å². The summed E-state index contributed by atoms with van der Waals surface area (Å²) in [6, 6.07) is 7.31. The van der Waals surface area contributed by atoms with Crippen LogP contribution >= 0.6 is 0 Å². The number of methoxy groups -OCH3 is 1. The van der Waals surface area contributed by atoms with Gasteiger partial charge in [0.1, 0.15) is 5.82 Å². The van der Waals surface area contributed by atoms with Crippen molar-refractivity contribution in [2.24, 2.45) is 0 Å². The van der Waals surface area contributed by atoms with E-state index in [1.54, 1.807) is 7.11 Å². The Kier molecular flexibility index (Phi) is 5.59. The molecule has 3 unspecified atom stereocenters. The molecule has 0 aliphatic carbocycles. The Hall–Kier alpha value is -0.930. The van der Waals surface area contributed by atoms with E-state index in [1.165, 1.54) is 12.1 Å². The summed E-state index contributed by atoms with van der Waals surface area (Å²) in [6.07, 6.45) is 1.08. The average molecular weight is 239 g/mol. The van der Waals surface area contributed by atoms with Crippen LogP contribution in [0.3, 0.4) is 0 Å². The van der Waals surface area contributed by atoms with E-state index in [9.17, 15) is 4.39 Å². The number of halogens is 1. The van der Waals surface area contributed by atoms with Gasteiger partial charge in [-0.05, 0) is 44.9 Å². The van der Waals surface area contributed by atoms with Crippen molar-refractivity contribution in [2.75, 3.05) is 7.11 Å². The van der Waals surface area contributed by atoms with Crippen molar-refractivity contribution < 1.29 is 9.13 Å². The Bertz CT molecular complexity index is 325. The van der Waals surface area contributed by atoms with Gasteiger partial charge < -0.3 is 10.1 Å². The van der Waals surface area contributed by atoms with E-state index in [0.29, 0.717) is 12.1 Å². The third kappa shape index (κ3) is 4.84. The van der Waals surface area contributed by atoms with Gasteiger partial charge in [0.05, 0.1) is 6.10 Å². The number of ether oxygens (including phenoxy) is 1. The van der Waals surface area contributed by atoms with E-state index in [4.69, 9.17) is 4.74 Å². The molecule has 0 spiro atoms. The van der Waals surface area contributed by atoms with Crippen LogP contribution in [0.2, 0.25) is 0 Å². The molecule has 0 bridgehead atoms. The van der Waals surface area contributed by atoms with Crippen molar-refractivity contribution in [3.05, 3.63) is 35.6 Å². The first-order valence-electron chi connectivity index (χ1n) is 6.06. The first-order chi connectivity index (χ1) is 8.02. The molecule has 1 rings (SSSR count). The van der Waals surface area contributed by atoms with Crippen molar-refractivity contribution in [1.29, 1.82) is 0 Å². The van der Waals surface area contributed by atoms with Crippen LogP contribution in [0, 0.1) is 5.82 Å². The Balaban J connectivity index is 2.44. The predicted molar refractivity (Wildman–Crippen MR) is 68.6 cm³/mol. The number of hydrogen-bond acceptors (Lipinski definition) is 2. The van der Waals surface area contributed by atoms with Gasteiger partial charge in [0, 0.05) is 19.2 Å². The molecule has 0 saturated heterocycles. The van der Waals surface area contributed by atoms with E-state index in [2.05, 4.69) is 19.2 Å². The summed E-state index contributed by atoms with van der Waals surface area (Å²) >= 11 is 0. The fourth-order valence-electron chi connectivity index (χ4n) is 1.82. The molecule has 1 N–H and O–H groups in total. The Labute approximate surface area is 103 Å². The minimum absolute atomic E-state index is 0.185. The maximum atomic E-state index is 12.8. The largest absolute Gasteiger partial charge is 0.380 e. The molecule has 1 aromatic carbocycles. The molecule has 3 atom stereocenters. The van der Waals surface area contributed by atoms with Crippen molar-refractivity contribution in [2.45, 2.75) is 45.4 Å². The molecule has 2 nitrogen and oxygen atoms in total. The van der Waals surface area contributed by atoms with Gasteiger partial charge >= 0.3 is 0 Å². The van der Waals surface area contributed by atoms with Gasteiger partial charge in [0.25, 0.3) is 0 Å². The zero-order chi connectivity index (χ0) is 12.8. The highest BCUT2D eigenvalue weighted by Gasteiger charge is 2.13. The predicted octanol–water partition coefficient (Wildman–Crippen LogP) is 2.77. The van der Waals surface area contributed by atoms with E-state index in [0.717, 1.165) is 12.0 Å². The maximum Gasteiger partial charge on any atom is 0.123 e. The van der Waals surface area contributed by atoms with Crippen LogP contribution < -0.4 is 5.32 Å². The Morgan fingerprint density at radius 2 is 1.76 bits per heavy atom. The topological polar surface area (TPSA) is 21.3 Å².